The monoisotopic (exact) mass is 278 g/mol. The largest absolute Gasteiger partial charge is 0.351 e. The molecule has 0 bridgehead atoms. The summed E-state index contributed by atoms with van der Waals surface area (Å²) in [7, 11) is 0. The molecule has 2 heterocycles. The number of carbonyl (C=O) groups is 1. The molecule has 1 aliphatic carbocycles. The summed E-state index contributed by atoms with van der Waals surface area (Å²) >= 11 is 1.76. The molecule has 2 fully saturated rings. The second kappa shape index (κ2) is 4.60. The fourth-order valence-electron chi connectivity index (χ4n) is 3.53. The minimum absolute atomic E-state index is 0.124. The standard InChI is InChI=1S/C15H22N2OS/c1-11-3-4-12(19-11)9-17-13(18)14(2)10-15(14)5-7-16-8-6-15/h3-4,16H,5-10H2,1-2H3,(H,17,18). The van der Waals surface area contributed by atoms with E-state index < -0.39 is 0 Å². The van der Waals surface area contributed by atoms with Crippen molar-refractivity contribution in [2.24, 2.45) is 10.8 Å². The van der Waals surface area contributed by atoms with Crippen molar-refractivity contribution in [3.8, 4) is 0 Å². The van der Waals surface area contributed by atoms with E-state index in [1.165, 1.54) is 9.75 Å². The highest BCUT2D eigenvalue weighted by molar-refractivity contribution is 7.11. The third kappa shape index (κ3) is 2.21. The van der Waals surface area contributed by atoms with Crippen LogP contribution in [0.3, 0.4) is 0 Å². The summed E-state index contributed by atoms with van der Waals surface area (Å²) in [5.41, 5.74) is 0.162. The fourth-order valence-corrected chi connectivity index (χ4v) is 4.36. The van der Waals surface area contributed by atoms with Crippen LogP contribution in [0, 0.1) is 17.8 Å². The molecule has 4 heteroatoms. The van der Waals surface area contributed by atoms with E-state index in [4.69, 9.17) is 0 Å². The number of piperidine rings is 1. The smallest absolute Gasteiger partial charge is 0.226 e. The van der Waals surface area contributed by atoms with E-state index in [1.54, 1.807) is 11.3 Å². The molecule has 1 saturated carbocycles. The summed E-state index contributed by atoms with van der Waals surface area (Å²) in [6, 6.07) is 4.22. The van der Waals surface area contributed by atoms with Gasteiger partial charge in [-0.2, -0.15) is 0 Å². The van der Waals surface area contributed by atoms with Crippen LogP contribution in [0.4, 0.5) is 0 Å². The summed E-state index contributed by atoms with van der Waals surface area (Å²) < 4.78 is 0. The van der Waals surface area contributed by atoms with Crippen LogP contribution < -0.4 is 10.6 Å². The zero-order chi connectivity index (χ0) is 13.5. The Bertz CT molecular complexity index is 490. The molecule has 19 heavy (non-hydrogen) atoms. The average Bonchev–Trinajstić information content (AvgIpc) is 2.78. The van der Waals surface area contributed by atoms with Gasteiger partial charge in [0.05, 0.1) is 12.0 Å². The zero-order valence-electron chi connectivity index (χ0n) is 11.7. The van der Waals surface area contributed by atoms with Crippen LogP contribution in [0.15, 0.2) is 12.1 Å². The van der Waals surface area contributed by atoms with Gasteiger partial charge < -0.3 is 10.6 Å². The molecule has 0 aromatic carbocycles. The normalized spacial score (nSPS) is 28.3. The second-order valence-electron chi connectivity index (χ2n) is 6.23. The van der Waals surface area contributed by atoms with E-state index in [0.717, 1.165) is 32.4 Å². The fraction of sp³-hybridized carbons (Fsp3) is 0.667. The summed E-state index contributed by atoms with van der Waals surface area (Å²) in [4.78, 5) is 15.0. The first-order valence-electron chi connectivity index (χ1n) is 7.10. The highest BCUT2D eigenvalue weighted by atomic mass is 32.1. The van der Waals surface area contributed by atoms with Gasteiger partial charge in [-0.3, -0.25) is 4.79 Å². The third-order valence-corrected chi connectivity index (χ3v) is 6.02. The van der Waals surface area contributed by atoms with Crippen LogP contribution >= 0.6 is 11.3 Å². The highest BCUT2D eigenvalue weighted by Gasteiger charge is 2.67. The molecule has 104 valence electrons. The van der Waals surface area contributed by atoms with E-state index in [2.05, 4.69) is 36.6 Å². The molecule has 1 atom stereocenters. The van der Waals surface area contributed by atoms with Gasteiger partial charge in [-0.05, 0) is 56.8 Å². The van der Waals surface area contributed by atoms with Crippen LogP contribution in [0.5, 0.6) is 0 Å². The number of hydrogen-bond acceptors (Lipinski definition) is 3. The maximum atomic E-state index is 12.5. The van der Waals surface area contributed by atoms with E-state index in [9.17, 15) is 4.79 Å². The minimum atomic E-state index is -0.124. The second-order valence-corrected chi connectivity index (χ2v) is 7.61. The lowest BCUT2D eigenvalue weighted by molar-refractivity contribution is -0.127. The Morgan fingerprint density at radius 3 is 2.79 bits per heavy atom. The topological polar surface area (TPSA) is 41.1 Å². The van der Waals surface area contributed by atoms with Gasteiger partial charge in [0, 0.05) is 9.75 Å². The lowest BCUT2D eigenvalue weighted by Crippen LogP contribution is -2.38. The molecule has 0 radical (unpaired) electrons. The van der Waals surface area contributed by atoms with Gasteiger partial charge in [0.15, 0.2) is 0 Å². The predicted octanol–water partition coefficient (Wildman–Crippen LogP) is 2.45. The van der Waals surface area contributed by atoms with Gasteiger partial charge >= 0.3 is 0 Å². The number of hydrogen-bond donors (Lipinski definition) is 2. The number of rotatable bonds is 3. The molecule has 3 rings (SSSR count). The Balaban J connectivity index is 1.59. The molecular formula is C15H22N2OS. The molecule has 2 aliphatic rings. The van der Waals surface area contributed by atoms with Crippen molar-refractivity contribution < 1.29 is 4.79 Å². The molecular weight excluding hydrogens is 256 g/mol. The van der Waals surface area contributed by atoms with Crippen molar-refractivity contribution in [1.82, 2.24) is 10.6 Å². The Hall–Kier alpha value is -0.870. The van der Waals surface area contributed by atoms with E-state index in [-0.39, 0.29) is 16.7 Å². The van der Waals surface area contributed by atoms with E-state index in [1.807, 2.05) is 0 Å². The average molecular weight is 278 g/mol. The maximum absolute atomic E-state index is 12.5. The van der Waals surface area contributed by atoms with Crippen molar-refractivity contribution in [3.63, 3.8) is 0 Å². The Morgan fingerprint density at radius 1 is 1.42 bits per heavy atom. The first kappa shape index (κ1) is 13.1. The Kier molecular flexibility index (Phi) is 3.18. The highest BCUT2D eigenvalue weighted by Crippen LogP contribution is 2.68. The van der Waals surface area contributed by atoms with Crippen LogP contribution in [0.1, 0.15) is 35.9 Å². The lowest BCUT2D eigenvalue weighted by atomic mass is 9.85. The molecule has 1 spiro atoms. The molecule has 1 unspecified atom stereocenters. The van der Waals surface area contributed by atoms with E-state index in [0.29, 0.717) is 6.54 Å². The van der Waals surface area contributed by atoms with Crippen molar-refractivity contribution in [2.75, 3.05) is 13.1 Å². The van der Waals surface area contributed by atoms with Gasteiger partial charge in [-0.25, -0.2) is 0 Å². The van der Waals surface area contributed by atoms with Gasteiger partial charge in [0.25, 0.3) is 0 Å². The molecule has 1 amide bonds. The maximum Gasteiger partial charge on any atom is 0.226 e. The van der Waals surface area contributed by atoms with Crippen molar-refractivity contribution >= 4 is 17.2 Å². The SMILES string of the molecule is Cc1ccc(CNC(=O)C2(C)CC23CCNCC3)s1. The number of thiophene rings is 1. The molecule has 3 nitrogen and oxygen atoms in total. The van der Waals surface area contributed by atoms with Crippen molar-refractivity contribution in [3.05, 3.63) is 21.9 Å². The summed E-state index contributed by atoms with van der Waals surface area (Å²) in [5.74, 6) is 0.250. The molecule has 1 aromatic rings. The van der Waals surface area contributed by atoms with Crippen LogP contribution in [-0.4, -0.2) is 19.0 Å². The third-order valence-electron chi connectivity index (χ3n) is 5.02. The van der Waals surface area contributed by atoms with Gasteiger partial charge in [-0.1, -0.05) is 6.92 Å². The Morgan fingerprint density at radius 2 is 2.16 bits per heavy atom. The molecule has 1 saturated heterocycles. The van der Waals surface area contributed by atoms with Gasteiger partial charge in [0.2, 0.25) is 5.91 Å². The van der Waals surface area contributed by atoms with Crippen LogP contribution in [0.2, 0.25) is 0 Å². The Labute approximate surface area is 118 Å². The zero-order valence-corrected chi connectivity index (χ0v) is 12.5. The number of amides is 1. The van der Waals surface area contributed by atoms with Gasteiger partial charge in [0.1, 0.15) is 0 Å². The number of nitrogens with one attached hydrogen (secondary N) is 2. The first-order valence-corrected chi connectivity index (χ1v) is 7.92. The van der Waals surface area contributed by atoms with E-state index >= 15 is 0 Å². The summed E-state index contributed by atoms with van der Waals surface area (Å²) in [6.07, 6.45) is 3.36. The predicted molar refractivity (Wildman–Crippen MR) is 78.2 cm³/mol. The van der Waals surface area contributed by atoms with Crippen LogP contribution in [-0.2, 0) is 11.3 Å². The van der Waals surface area contributed by atoms with Gasteiger partial charge in [-0.15, -0.1) is 11.3 Å². The summed E-state index contributed by atoms with van der Waals surface area (Å²) in [6.45, 7) is 7.05. The molecule has 1 aromatic heterocycles. The summed E-state index contributed by atoms with van der Waals surface area (Å²) in [5, 5.41) is 6.53. The minimum Gasteiger partial charge on any atom is -0.351 e. The molecule has 2 N–H and O–H groups in total. The number of aryl methyl sites for hydroxylation is 1. The first-order chi connectivity index (χ1) is 9.06. The lowest BCUT2D eigenvalue weighted by Gasteiger charge is -2.27. The van der Waals surface area contributed by atoms with Crippen molar-refractivity contribution in [2.45, 2.75) is 39.7 Å². The molecule has 1 aliphatic heterocycles. The van der Waals surface area contributed by atoms with Crippen LogP contribution in [0.25, 0.3) is 0 Å². The van der Waals surface area contributed by atoms with Crippen molar-refractivity contribution in [1.29, 1.82) is 0 Å². The quantitative estimate of drug-likeness (QED) is 0.891. The number of carbonyl (C=O) groups excluding carboxylic acids is 1.